The molecule has 0 fully saturated rings. The molecule has 15 aromatic rings. The van der Waals surface area contributed by atoms with Crippen molar-refractivity contribution in [2.45, 2.75) is 102 Å². The van der Waals surface area contributed by atoms with Gasteiger partial charge in [-0.25, -0.2) is 69.2 Å². The zero-order chi connectivity index (χ0) is 89.9. The molecule has 0 aliphatic rings. The molecule has 0 radical (unpaired) electrons. The monoisotopic (exact) mass is 1950 g/mol. The van der Waals surface area contributed by atoms with Crippen LogP contribution in [0.15, 0.2) is 252 Å². The van der Waals surface area contributed by atoms with Crippen LogP contribution in [-0.2, 0) is 68.0 Å². The van der Waals surface area contributed by atoms with Gasteiger partial charge in [-0.1, -0.05) is 57.0 Å². The zero-order valence-electron chi connectivity index (χ0n) is 69.5. The molecule has 0 bridgehead atoms. The van der Waals surface area contributed by atoms with Gasteiger partial charge in [0.15, 0.2) is 52.2 Å². The molecule has 9 heterocycles. The molecule has 10 N–H and O–H groups in total. The number of nitrogens with one attached hydrogen (secondary N) is 8. The molecule has 49 heteroatoms. The third kappa shape index (κ3) is 32.6. The number of alkyl halides is 1. The molecular weight excluding hydrogens is 1880 g/mol. The Morgan fingerprint density at radius 3 is 1.13 bits per heavy atom. The van der Waals surface area contributed by atoms with E-state index in [2.05, 4.69) is 116 Å². The third-order valence-corrected chi connectivity index (χ3v) is 19.8. The van der Waals surface area contributed by atoms with Crippen LogP contribution in [0.25, 0.3) is 0 Å². The van der Waals surface area contributed by atoms with E-state index in [1.807, 2.05) is 31.2 Å². The van der Waals surface area contributed by atoms with Crippen LogP contribution in [0.1, 0.15) is 77.8 Å². The molecule has 15 rings (SSSR count). The quantitative estimate of drug-likeness (QED) is 0.00479. The van der Waals surface area contributed by atoms with Crippen molar-refractivity contribution >= 4 is 124 Å². The predicted molar refractivity (Wildman–Crippen MR) is 453 cm³/mol. The van der Waals surface area contributed by atoms with E-state index in [9.17, 15) is 44.4 Å². The molecular formula is C80H76BrF3K2N18O22S3. The Hall–Kier alpha value is -11.5. The number of primary sulfonamides is 1. The van der Waals surface area contributed by atoms with E-state index in [0.29, 0.717) is 121 Å². The number of anilines is 12. The molecule has 129 heavy (non-hydrogen) atoms. The van der Waals surface area contributed by atoms with Gasteiger partial charge in [-0.15, -0.1) is 0 Å². The van der Waals surface area contributed by atoms with Crippen LogP contribution in [-0.4, -0.2) is 68.7 Å². The number of sulfonamides is 2. The molecule has 0 amide bonds. The number of carbonyl (C=O) groups excluding carboxylic acids is 1. The van der Waals surface area contributed by atoms with Crippen molar-refractivity contribution in [1.82, 2.24) is 54.8 Å². The Balaban J connectivity index is 0.000000246. The number of aryl methyl sites for hydroxylation is 6. The average molecular weight is 1950 g/mol. The summed E-state index contributed by atoms with van der Waals surface area (Å²) < 4.78 is 158. The number of hydrogen-bond donors (Lipinski definition) is 9. The summed E-state index contributed by atoms with van der Waals surface area (Å²) in [4.78, 5) is 69.1. The molecule has 666 valence electrons. The van der Waals surface area contributed by atoms with E-state index in [0.717, 1.165) is 23.5 Å². The normalized spacial score (nSPS) is 10.7. The number of ether oxygens (including phenoxy) is 3. The molecule has 9 aromatic heterocycles. The van der Waals surface area contributed by atoms with Crippen LogP contribution >= 0.6 is 27.9 Å². The average Bonchev–Trinajstić information content (AvgIpc) is 1.61. The minimum Gasteiger partial charge on any atom is -1.00 e. The number of carbonyl (C=O) groups is 1. The molecule has 6 aromatic carbocycles. The van der Waals surface area contributed by atoms with Gasteiger partial charge in [0.1, 0.15) is 88.7 Å². The van der Waals surface area contributed by atoms with Gasteiger partial charge in [0, 0.05) is 57.2 Å². The molecule has 0 aliphatic carbocycles. The second kappa shape index (κ2) is 49.9. The predicted octanol–water partition coefficient (Wildman–Crippen LogP) is 8.19. The SMILES string of the molecule is C.Cc1cc(COc2ccc(Nc3nc(Nc4cccc(S(=O)(=O)NCc5oc(=O)oc5C)c4)ncc3F)cc2)no1.Cc1cc(COc2ccc(Nc3nc(Nc4cccc(S(N)(=O)=O)c4)ncc3F)cc2)no1.Cc1cc(COc2ccc(Nc3nc(Nc4cccc(SNCc5oc(=O)oc5C)c4)ncc3F)cc2)no1.Cc1oc(=O)oc1CBr.O=CO[O-].[H-].[K+].[K+]. The number of halogens is 4. The van der Waals surface area contributed by atoms with E-state index in [4.69, 9.17) is 60.6 Å². The van der Waals surface area contributed by atoms with Gasteiger partial charge in [0.2, 0.25) is 37.9 Å². The van der Waals surface area contributed by atoms with Crippen molar-refractivity contribution in [1.29, 1.82) is 0 Å². The van der Waals surface area contributed by atoms with Crippen LogP contribution < -0.4 is 186 Å². The first-order valence-corrected chi connectivity index (χ1v) is 41.4. The van der Waals surface area contributed by atoms with Crippen LogP contribution in [0, 0.1) is 59.0 Å². The molecule has 0 atom stereocenters. The minimum atomic E-state index is -3.98. The van der Waals surface area contributed by atoms with Crippen molar-refractivity contribution in [3.63, 3.8) is 0 Å². The van der Waals surface area contributed by atoms with Crippen molar-refractivity contribution in [2.75, 3.05) is 31.9 Å². The largest absolute Gasteiger partial charge is 1.00 e. The first-order valence-electron chi connectivity index (χ1n) is 36.4. The summed E-state index contributed by atoms with van der Waals surface area (Å²) in [6.45, 7) is 10.9. The van der Waals surface area contributed by atoms with E-state index in [-0.39, 0.29) is 201 Å². The van der Waals surface area contributed by atoms with Crippen LogP contribution in [0.2, 0.25) is 0 Å². The van der Waals surface area contributed by atoms with E-state index >= 15 is 0 Å². The number of rotatable bonds is 32. The number of aromatic nitrogens is 9. The Kier molecular flexibility index (Phi) is 39.8. The standard InChI is InChI=1S/C26H23FN6O7S.C26H23FN6O5S.C21H19FN6O4S.C5H5BrO3.CH2O3.CH4.2K.H/c1-15-10-19(33-40-15)14-37-20-8-6-17(7-9-20)30-24-22(27)12-28-25(32-24)31-18-4-3-5-21(11-18)41(35,36)29-13-23-16(2)38-26(34)39-23;1-15-10-19(33-38-15)14-35-20-8-6-17(7-9-20)30-24-22(27)12-28-25(32-24)31-18-4-3-5-21(11-18)39-29-13-23-16(2)36-26(34)37-23;1-13-9-16(28-32-13)12-31-17-7-5-14(6-8-17)25-20-19(22)11-24-21(27-20)26-15-3-2-4-18(10-15)33(23,29)30;1-3-4(2-6)9-5(7)8-3;2-1-4-3;;;;/h3-12,29H,13-14H2,1-2H3,(H2,28,30,31,32);3-12,29H,13-14H2,1-2H3,(H2,28,30,31,32);2-11H,12H2,1H3,(H2,23,29,30)(H2,24,25,26,27);2H2,1H3;1,3H;1H4;;;/q;;;;;;2*+1;-1/p-1. The summed E-state index contributed by atoms with van der Waals surface area (Å²) >= 11 is 4.47. The van der Waals surface area contributed by atoms with Crippen molar-refractivity contribution < 1.29 is 203 Å². The maximum absolute atomic E-state index is 14.5. The smallest absolute Gasteiger partial charge is 1.00 e. The van der Waals surface area contributed by atoms with E-state index < -0.39 is 55.0 Å². The fraction of sp³-hybridized carbons (Fsp3) is 0.163. The minimum absolute atomic E-state index is 0. The topological polar surface area (TPSA) is 553 Å². The van der Waals surface area contributed by atoms with Gasteiger partial charge in [0.25, 0.3) is 6.47 Å². The van der Waals surface area contributed by atoms with Gasteiger partial charge < -0.3 is 97.8 Å². The fourth-order valence-electron chi connectivity index (χ4n) is 10.3. The summed E-state index contributed by atoms with van der Waals surface area (Å²) in [5, 5.41) is 43.2. The Labute approximate surface area is 829 Å². The van der Waals surface area contributed by atoms with Gasteiger partial charge in [0.05, 0.1) is 46.8 Å². The number of nitrogens with zero attached hydrogens (tertiary/aromatic N) is 9. The molecule has 0 aliphatic heterocycles. The van der Waals surface area contributed by atoms with Gasteiger partial charge in [-0.2, -0.15) is 15.0 Å². The van der Waals surface area contributed by atoms with Crippen LogP contribution in [0.5, 0.6) is 17.2 Å². The van der Waals surface area contributed by atoms with Crippen molar-refractivity contribution in [2.24, 2.45) is 5.14 Å². The van der Waals surface area contributed by atoms with Crippen LogP contribution in [0.4, 0.5) is 82.6 Å². The molecule has 0 saturated heterocycles. The molecule has 0 saturated carbocycles. The first kappa shape index (κ1) is 103. The first-order chi connectivity index (χ1) is 60.5. The Bertz CT molecular complexity index is 6620. The summed E-state index contributed by atoms with van der Waals surface area (Å²) in [6.07, 6.45) is 3.08. The second-order valence-corrected chi connectivity index (χ2v) is 30.5. The van der Waals surface area contributed by atoms with E-state index in [1.165, 1.54) is 55.3 Å². The van der Waals surface area contributed by atoms with Gasteiger partial charge in [-0.05, 0) is 181 Å². The maximum atomic E-state index is 14.5. The second-order valence-electron chi connectivity index (χ2n) is 25.6. The Morgan fingerprint density at radius 2 is 0.806 bits per heavy atom. The van der Waals surface area contributed by atoms with E-state index in [1.54, 1.807) is 131 Å². The van der Waals surface area contributed by atoms with Gasteiger partial charge in [-0.3, -0.25) is 9.52 Å². The zero-order valence-corrected chi connectivity index (χ0v) is 78.7. The van der Waals surface area contributed by atoms with Crippen molar-refractivity contribution in [3.05, 3.63) is 301 Å². The molecule has 0 spiro atoms. The van der Waals surface area contributed by atoms with Crippen LogP contribution in [0.3, 0.4) is 0 Å². The molecule has 0 unspecified atom stereocenters. The maximum Gasteiger partial charge on any atom is 1.00 e. The summed E-state index contributed by atoms with van der Waals surface area (Å²) in [6, 6.07) is 45.1. The summed E-state index contributed by atoms with van der Waals surface area (Å²) in [5.41, 5.74) is 5.17. The molecule has 40 nitrogen and oxygen atoms in total. The number of hydrogen-bond acceptors (Lipinski definition) is 39. The number of nitrogens with two attached hydrogens (primary N) is 1. The summed E-state index contributed by atoms with van der Waals surface area (Å²) in [7, 11) is -7.85. The number of benzene rings is 6. The van der Waals surface area contributed by atoms with Crippen molar-refractivity contribution in [3.8, 4) is 17.2 Å². The Morgan fingerprint density at radius 1 is 0.465 bits per heavy atom. The van der Waals surface area contributed by atoms with Gasteiger partial charge >= 0.3 is 120 Å². The fourth-order valence-corrected chi connectivity index (χ4v) is 13.1. The third-order valence-electron chi connectivity index (χ3n) is 16.2. The summed E-state index contributed by atoms with van der Waals surface area (Å²) in [5.74, 6) is 2.02.